The van der Waals surface area contributed by atoms with E-state index in [9.17, 15) is 0 Å². The van der Waals surface area contributed by atoms with Crippen LogP contribution in [0.15, 0.2) is 34.4 Å². The summed E-state index contributed by atoms with van der Waals surface area (Å²) in [5.74, 6) is 0. The minimum atomic E-state index is -0.186. The van der Waals surface area contributed by atoms with E-state index >= 15 is 0 Å². The van der Waals surface area contributed by atoms with E-state index in [2.05, 4.69) is 20.7 Å². The molecule has 1 aromatic heterocycles. The lowest BCUT2D eigenvalue weighted by Crippen LogP contribution is -2.44. The molecule has 1 aliphatic carbocycles. The van der Waals surface area contributed by atoms with Crippen LogP contribution in [-0.2, 0) is 7.05 Å². The van der Waals surface area contributed by atoms with Crippen molar-refractivity contribution in [2.24, 2.45) is 22.9 Å². The third-order valence-electron chi connectivity index (χ3n) is 3.60. The number of nitrogens with one attached hydrogen (secondary N) is 2. The van der Waals surface area contributed by atoms with Crippen LogP contribution in [0.4, 0.5) is 0 Å². The SMILES string of the molecule is CN(/N=C/C1=CC(c2cncn2C)=NC(NC2CC2)N1)C(N)=S. The molecule has 9 heteroatoms. The molecule has 1 aliphatic heterocycles. The second-order valence-electron chi connectivity index (χ2n) is 5.60. The van der Waals surface area contributed by atoms with Crippen molar-refractivity contribution in [3.05, 3.63) is 30.0 Å². The Morgan fingerprint density at radius 3 is 3.00 bits per heavy atom. The van der Waals surface area contributed by atoms with E-state index in [1.165, 1.54) is 17.9 Å². The van der Waals surface area contributed by atoms with Crippen LogP contribution in [0.25, 0.3) is 0 Å². The Balaban J connectivity index is 1.83. The van der Waals surface area contributed by atoms with Crippen LogP contribution in [0, 0.1) is 0 Å². The minimum Gasteiger partial charge on any atom is -0.375 e. The number of rotatable bonds is 5. The molecule has 2 heterocycles. The zero-order valence-electron chi connectivity index (χ0n) is 13.1. The second-order valence-corrected chi connectivity index (χ2v) is 6.02. The number of hydrogen-bond donors (Lipinski definition) is 3. The fourth-order valence-electron chi connectivity index (χ4n) is 2.13. The van der Waals surface area contributed by atoms with E-state index in [4.69, 9.17) is 22.9 Å². The topological polar surface area (TPSA) is 95.9 Å². The molecule has 0 amide bonds. The van der Waals surface area contributed by atoms with Crippen molar-refractivity contribution in [1.29, 1.82) is 0 Å². The summed E-state index contributed by atoms with van der Waals surface area (Å²) in [6, 6.07) is 0.527. The standard InChI is InChI=1S/C14H20N8S/c1-21-8-16-7-12(21)11-5-10(6-17-22(2)13(15)23)19-14(20-11)18-9-3-4-9/h5-9,14,18-19H,3-4H2,1-2H3,(H2,15,23)/b17-6+. The molecule has 23 heavy (non-hydrogen) atoms. The number of thiocarbonyl (C=S) groups is 1. The first-order chi connectivity index (χ1) is 11.0. The van der Waals surface area contributed by atoms with Crippen molar-refractivity contribution in [3.8, 4) is 0 Å². The van der Waals surface area contributed by atoms with Crippen molar-refractivity contribution in [2.75, 3.05) is 7.05 Å². The summed E-state index contributed by atoms with van der Waals surface area (Å²) in [5, 5.41) is 12.6. The fraction of sp³-hybridized carbons (Fsp3) is 0.429. The second kappa shape index (κ2) is 6.47. The van der Waals surface area contributed by atoms with Gasteiger partial charge in [0.15, 0.2) is 11.4 Å². The van der Waals surface area contributed by atoms with Gasteiger partial charge >= 0.3 is 0 Å². The molecule has 2 aliphatic rings. The molecule has 122 valence electrons. The van der Waals surface area contributed by atoms with E-state index in [0.717, 1.165) is 17.1 Å². The first-order valence-corrected chi connectivity index (χ1v) is 7.79. The maximum absolute atomic E-state index is 5.53. The van der Waals surface area contributed by atoms with Crippen LogP contribution in [0.1, 0.15) is 18.5 Å². The van der Waals surface area contributed by atoms with E-state index in [1.807, 2.05) is 17.7 Å². The van der Waals surface area contributed by atoms with Crippen LogP contribution in [0.2, 0.25) is 0 Å². The number of aliphatic imine (C=N–C) groups is 1. The highest BCUT2D eigenvalue weighted by Crippen LogP contribution is 2.20. The first kappa shape index (κ1) is 15.6. The van der Waals surface area contributed by atoms with Crippen LogP contribution in [0.3, 0.4) is 0 Å². The number of aryl methyl sites for hydroxylation is 1. The first-order valence-electron chi connectivity index (χ1n) is 7.39. The largest absolute Gasteiger partial charge is 0.375 e. The highest BCUT2D eigenvalue weighted by atomic mass is 32.1. The fourth-order valence-corrected chi connectivity index (χ4v) is 2.18. The third-order valence-corrected chi connectivity index (χ3v) is 3.87. The Kier molecular flexibility index (Phi) is 4.39. The number of hydrazone groups is 1. The number of nitrogens with zero attached hydrogens (tertiary/aromatic N) is 5. The van der Waals surface area contributed by atoms with E-state index in [1.54, 1.807) is 25.8 Å². The highest BCUT2D eigenvalue weighted by Gasteiger charge is 2.26. The maximum Gasteiger partial charge on any atom is 0.186 e. The van der Waals surface area contributed by atoms with Gasteiger partial charge in [-0.25, -0.2) is 15.0 Å². The Morgan fingerprint density at radius 2 is 2.39 bits per heavy atom. The molecule has 1 fully saturated rings. The Labute approximate surface area is 140 Å². The molecule has 8 nitrogen and oxygen atoms in total. The highest BCUT2D eigenvalue weighted by molar-refractivity contribution is 7.80. The van der Waals surface area contributed by atoms with E-state index in [-0.39, 0.29) is 11.4 Å². The summed E-state index contributed by atoms with van der Waals surface area (Å²) >= 11 is 4.88. The summed E-state index contributed by atoms with van der Waals surface area (Å²) in [7, 11) is 3.65. The van der Waals surface area contributed by atoms with Crippen LogP contribution >= 0.6 is 12.2 Å². The van der Waals surface area contributed by atoms with Crippen molar-refractivity contribution in [1.82, 2.24) is 25.2 Å². The molecule has 0 aromatic carbocycles. The summed E-state index contributed by atoms with van der Waals surface area (Å²) in [6.07, 6.45) is 9.35. The molecule has 1 atom stereocenters. The maximum atomic E-state index is 5.53. The summed E-state index contributed by atoms with van der Waals surface area (Å²) in [4.78, 5) is 8.86. The summed E-state index contributed by atoms with van der Waals surface area (Å²) < 4.78 is 1.94. The molecular weight excluding hydrogens is 312 g/mol. The quantitative estimate of drug-likeness (QED) is 0.396. The molecule has 3 rings (SSSR count). The van der Waals surface area contributed by atoms with E-state index in [0.29, 0.717) is 6.04 Å². The Hall–Kier alpha value is -2.26. The van der Waals surface area contributed by atoms with Gasteiger partial charge in [-0.15, -0.1) is 0 Å². The van der Waals surface area contributed by atoms with Gasteiger partial charge in [0.05, 0.1) is 35.8 Å². The van der Waals surface area contributed by atoms with Crippen molar-refractivity contribution < 1.29 is 0 Å². The van der Waals surface area contributed by atoms with Gasteiger partial charge in [0.1, 0.15) is 0 Å². The average Bonchev–Trinajstić information content (AvgIpc) is 3.22. The zero-order chi connectivity index (χ0) is 16.4. The Morgan fingerprint density at radius 1 is 1.61 bits per heavy atom. The lowest BCUT2D eigenvalue weighted by molar-refractivity contribution is 0.474. The van der Waals surface area contributed by atoms with Crippen LogP contribution in [0.5, 0.6) is 0 Å². The number of aromatic nitrogens is 2. The van der Waals surface area contributed by atoms with Gasteiger partial charge in [-0.2, -0.15) is 5.10 Å². The normalized spacial score (nSPS) is 20.9. The number of imidazole rings is 1. The van der Waals surface area contributed by atoms with Gasteiger partial charge in [-0.3, -0.25) is 5.32 Å². The third kappa shape index (κ3) is 3.93. The average molecular weight is 332 g/mol. The molecule has 1 unspecified atom stereocenters. The van der Waals surface area contributed by atoms with Crippen molar-refractivity contribution in [3.63, 3.8) is 0 Å². The smallest absolute Gasteiger partial charge is 0.186 e. The van der Waals surface area contributed by atoms with Crippen LogP contribution < -0.4 is 16.4 Å². The van der Waals surface area contributed by atoms with Crippen LogP contribution in [-0.4, -0.2) is 51.0 Å². The molecule has 0 bridgehead atoms. The Bertz CT molecular complexity index is 685. The summed E-state index contributed by atoms with van der Waals surface area (Å²) in [5.41, 5.74) is 8.16. The zero-order valence-corrected chi connectivity index (χ0v) is 13.9. The van der Waals surface area contributed by atoms with Gasteiger partial charge in [0.25, 0.3) is 0 Å². The monoisotopic (exact) mass is 332 g/mol. The lowest BCUT2D eigenvalue weighted by atomic mass is 10.2. The van der Waals surface area contributed by atoms with Crippen molar-refractivity contribution in [2.45, 2.75) is 25.2 Å². The van der Waals surface area contributed by atoms with Crippen molar-refractivity contribution >= 4 is 29.3 Å². The van der Waals surface area contributed by atoms with Gasteiger partial charge < -0.3 is 15.6 Å². The van der Waals surface area contributed by atoms with Gasteiger partial charge in [0.2, 0.25) is 0 Å². The molecule has 4 N–H and O–H groups in total. The number of hydrogen-bond acceptors (Lipinski definition) is 6. The predicted molar refractivity (Wildman–Crippen MR) is 93.9 cm³/mol. The predicted octanol–water partition coefficient (Wildman–Crippen LogP) is -0.107. The summed E-state index contributed by atoms with van der Waals surface area (Å²) in [6.45, 7) is 0. The number of nitrogens with two attached hydrogens (primary N) is 1. The number of allylic oxidation sites excluding steroid dienone is 2. The van der Waals surface area contributed by atoms with Gasteiger partial charge in [0, 0.05) is 20.1 Å². The van der Waals surface area contributed by atoms with Gasteiger partial charge in [-0.1, -0.05) is 0 Å². The molecule has 0 spiro atoms. The molecule has 1 saturated carbocycles. The molecular formula is C14H20N8S. The molecule has 0 saturated heterocycles. The lowest BCUT2D eigenvalue weighted by Gasteiger charge is -2.23. The van der Waals surface area contributed by atoms with E-state index < -0.39 is 0 Å². The minimum absolute atomic E-state index is 0.186. The molecule has 0 radical (unpaired) electrons. The molecule has 1 aromatic rings. The van der Waals surface area contributed by atoms with Gasteiger partial charge in [-0.05, 0) is 31.1 Å².